The van der Waals surface area contributed by atoms with Gasteiger partial charge in [0.1, 0.15) is 0 Å². The minimum Gasteiger partial charge on any atom is -0.358 e. The molecule has 170 valence electrons. The Hall–Kier alpha value is 0.300. The molecule has 1 amide bonds. The van der Waals surface area contributed by atoms with Crippen LogP contribution >= 0.6 is 0 Å². The first-order chi connectivity index (χ1) is 14.4. The SMILES string of the molecule is CC(C)NC(=O)OC1CCC(c2cc(Nc3ccc4[c](c3F)[Sb]([CH3])[CH2]CC4)n[nH]2)C1.[CH3-].[Cs+]. The summed E-state index contributed by atoms with van der Waals surface area (Å²) in [6, 6.07) is 5.93. The summed E-state index contributed by atoms with van der Waals surface area (Å²) >= 11 is -1.66. The van der Waals surface area contributed by atoms with Gasteiger partial charge in [0.2, 0.25) is 0 Å². The van der Waals surface area contributed by atoms with E-state index in [1.807, 2.05) is 26.0 Å². The number of alkyl carbamates (subject to hydrolysis) is 1. The third-order valence-corrected chi connectivity index (χ3v) is 12.3. The molecule has 2 atom stereocenters. The molecule has 1 aromatic carbocycles. The number of nitrogens with one attached hydrogen (secondary N) is 3. The molecule has 1 fully saturated rings. The Labute approximate surface area is 257 Å². The van der Waals surface area contributed by atoms with Crippen molar-refractivity contribution in [2.75, 3.05) is 5.32 Å². The summed E-state index contributed by atoms with van der Waals surface area (Å²) in [7, 11) is 0. The summed E-state index contributed by atoms with van der Waals surface area (Å²) < 4.78 is 22.9. The molecule has 1 saturated carbocycles. The molecule has 0 saturated heterocycles. The van der Waals surface area contributed by atoms with Gasteiger partial charge in [0.15, 0.2) is 0 Å². The number of hydrogen-bond donors (Lipinski definition) is 3. The second kappa shape index (κ2) is 12.8. The number of carbonyl (C=O) groups excluding carboxylic acids is 1. The molecule has 0 bridgehead atoms. The number of aryl methyl sites for hydroxylation is 1. The van der Waals surface area contributed by atoms with E-state index in [2.05, 4.69) is 31.8 Å². The molecular formula is C23H33CsFN4O2Sb. The molecule has 0 spiro atoms. The summed E-state index contributed by atoms with van der Waals surface area (Å²) in [6.45, 7) is 3.82. The maximum absolute atomic E-state index is 15.2. The number of nitrogens with zero attached hydrogens (tertiary/aromatic N) is 1. The van der Waals surface area contributed by atoms with Crippen molar-refractivity contribution in [2.24, 2.45) is 0 Å². The van der Waals surface area contributed by atoms with E-state index in [0.717, 1.165) is 34.9 Å². The monoisotopic (exact) mass is 670 g/mol. The van der Waals surface area contributed by atoms with Crippen LogP contribution in [0.4, 0.5) is 20.7 Å². The van der Waals surface area contributed by atoms with E-state index >= 15 is 4.39 Å². The van der Waals surface area contributed by atoms with Crippen LogP contribution in [0, 0.1) is 13.2 Å². The molecule has 32 heavy (non-hydrogen) atoms. The molecular weight excluding hydrogens is 638 g/mol. The molecule has 9 heteroatoms. The van der Waals surface area contributed by atoms with Crippen molar-refractivity contribution in [1.29, 1.82) is 0 Å². The fourth-order valence-corrected chi connectivity index (χ4v) is 10.1. The van der Waals surface area contributed by atoms with Crippen LogP contribution in [0.2, 0.25) is 9.24 Å². The normalized spacial score (nSPS) is 20.2. The van der Waals surface area contributed by atoms with Gasteiger partial charge in [0, 0.05) is 6.04 Å². The maximum Gasteiger partial charge on any atom is 1.00 e. The molecule has 6 nitrogen and oxygen atoms in total. The van der Waals surface area contributed by atoms with Crippen LogP contribution in [0.15, 0.2) is 18.2 Å². The smallest absolute Gasteiger partial charge is 0.358 e. The molecule has 1 aromatic heterocycles. The minimum absolute atomic E-state index is 0. The molecule has 2 aromatic rings. The van der Waals surface area contributed by atoms with E-state index in [-0.39, 0.29) is 106 Å². The standard InChI is InChI=1S/C21H27FN4O2.2CH3.Cs.Sb/c1-4-5-14-6-9-18(17(22)10-14)24-20-12-19(25-26-20)15-7-8-16(11-15)28-21(27)23-13(2)3;;;;/h6,9,12-13,15-16H,1,4-5,7-8,11H2,2-3H3,(H,23,27)(H2,24,25,26);2*1H3;;/q;;-1;+1;. The number of halogens is 1. The zero-order valence-corrected chi connectivity index (χ0v) is 28.6. The van der Waals surface area contributed by atoms with Crippen molar-refractivity contribution in [3.8, 4) is 0 Å². The predicted molar refractivity (Wildman–Crippen MR) is 124 cm³/mol. The molecule has 3 N–H and O–H groups in total. The van der Waals surface area contributed by atoms with Crippen molar-refractivity contribution in [1.82, 2.24) is 15.5 Å². The Kier molecular flexibility index (Phi) is 11.5. The summed E-state index contributed by atoms with van der Waals surface area (Å²) in [5, 5.41) is 13.4. The third kappa shape index (κ3) is 6.92. The van der Waals surface area contributed by atoms with Gasteiger partial charge in [0.25, 0.3) is 0 Å². The summed E-state index contributed by atoms with van der Waals surface area (Å²) in [4.78, 5) is 14.1. The van der Waals surface area contributed by atoms with Crippen molar-refractivity contribution in [2.45, 2.75) is 73.3 Å². The Bertz CT molecular complexity index is 923. The minimum atomic E-state index is -1.66. The first-order valence-electron chi connectivity index (χ1n) is 10.7. The number of amides is 1. The van der Waals surface area contributed by atoms with Crippen LogP contribution in [-0.2, 0) is 11.2 Å². The van der Waals surface area contributed by atoms with E-state index < -0.39 is 20.2 Å². The molecule has 2 aliphatic rings. The van der Waals surface area contributed by atoms with Gasteiger partial charge in [-0.15, -0.1) is 0 Å². The van der Waals surface area contributed by atoms with Crippen molar-refractivity contribution in [3.63, 3.8) is 0 Å². The number of hydrogen-bond acceptors (Lipinski definition) is 4. The second-order valence-electron chi connectivity index (χ2n) is 8.63. The van der Waals surface area contributed by atoms with Gasteiger partial charge >= 0.3 is 223 Å². The molecule has 4 rings (SSSR count). The Morgan fingerprint density at radius 2 is 2.12 bits per heavy atom. The third-order valence-electron chi connectivity index (χ3n) is 5.89. The first-order valence-corrected chi connectivity index (χ1v) is 16.4. The van der Waals surface area contributed by atoms with Gasteiger partial charge in [-0.05, 0) is 13.8 Å². The van der Waals surface area contributed by atoms with Gasteiger partial charge in [0.05, 0.1) is 0 Å². The molecule has 0 radical (unpaired) electrons. The van der Waals surface area contributed by atoms with Crippen LogP contribution in [0.25, 0.3) is 0 Å². The number of carbonyl (C=O) groups is 1. The fraction of sp³-hybridized carbons (Fsp3) is 0.522. The van der Waals surface area contributed by atoms with E-state index in [1.54, 1.807) is 0 Å². The van der Waals surface area contributed by atoms with E-state index in [1.165, 1.54) is 16.4 Å². The van der Waals surface area contributed by atoms with Crippen LogP contribution < -0.4 is 83.0 Å². The van der Waals surface area contributed by atoms with Crippen molar-refractivity contribution >= 4 is 41.3 Å². The van der Waals surface area contributed by atoms with Gasteiger partial charge in [-0.3, -0.25) is 0 Å². The topological polar surface area (TPSA) is 79.0 Å². The molecule has 2 heterocycles. The van der Waals surface area contributed by atoms with Crippen molar-refractivity contribution < 1.29 is 82.8 Å². The maximum atomic E-state index is 15.2. The summed E-state index contributed by atoms with van der Waals surface area (Å²) in [5.41, 5.74) is 2.72. The number of aromatic amines is 1. The largest absolute Gasteiger partial charge is 1.00 e. The second-order valence-corrected chi connectivity index (χ2v) is 15.2. The zero-order valence-electron chi connectivity index (χ0n) is 19.8. The number of ether oxygens (including phenoxy) is 1. The van der Waals surface area contributed by atoms with E-state index in [4.69, 9.17) is 4.74 Å². The molecule has 1 aliphatic carbocycles. The fourth-order valence-electron chi connectivity index (χ4n) is 4.43. The number of benzene rings is 1. The van der Waals surface area contributed by atoms with Crippen LogP contribution in [-0.4, -0.2) is 48.6 Å². The molecule has 2 unspecified atom stereocenters. The Morgan fingerprint density at radius 3 is 2.88 bits per heavy atom. The van der Waals surface area contributed by atoms with Gasteiger partial charge in [-0.25, -0.2) is 4.79 Å². The van der Waals surface area contributed by atoms with Crippen LogP contribution in [0.3, 0.4) is 0 Å². The van der Waals surface area contributed by atoms with E-state index in [0.29, 0.717) is 11.5 Å². The van der Waals surface area contributed by atoms with Gasteiger partial charge in [-0.1, -0.05) is 0 Å². The first kappa shape index (κ1) is 28.5. The Morgan fingerprint density at radius 1 is 1.34 bits per heavy atom. The average Bonchev–Trinajstić information content (AvgIpc) is 3.33. The van der Waals surface area contributed by atoms with Gasteiger partial charge < -0.3 is 12.7 Å². The predicted octanol–water partition coefficient (Wildman–Crippen LogP) is 1.80. The van der Waals surface area contributed by atoms with Gasteiger partial charge in [-0.2, -0.15) is 0 Å². The number of fused-ring (bicyclic) bond motifs is 1. The Balaban J connectivity index is 0.00000181. The molecule has 1 aliphatic heterocycles. The quantitative estimate of drug-likeness (QED) is 0.335. The van der Waals surface area contributed by atoms with Crippen LogP contribution in [0.5, 0.6) is 0 Å². The average molecular weight is 671 g/mol. The summed E-state index contributed by atoms with van der Waals surface area (Å²) in [6.07, 6.45) is 4.29. The van der Waals surface area contributed by atoms with Crippen molar-refractivity contribution in [3.05, 3.63) is 42.7 Å². The number of rotatable bonds is 5. The number of aromatic nitrogens is 2. The number of anilines is 2. The zero-order chi connectivity index (χ0) is 21.3. The number of H-pyrrole nitrogens is 1. The van der Waals surface area contributed by atoms with Crippen LogP contribution in [0.1, 0.15) is 56.7 Å². The van der Waals surface area contributed by atoms with E-state index in [9.17, 15) is 4.79 Å². The summed E-state index contributed by atoms with van der Waals surface area (Å²) in [5.74, 6) is 0.807.